The van der Waals surface area contributed by atoms with E-state index in [2.05, 4.69) is 0 Å². The summed E-state index contributed by atoms with van der Waals surface area (Å²) in [7, 11) is 0. The van der Waals surface area contributed by atoms with Gasteiger partial charge in [0.25, 0.3) is 0 Å². The van der Waals surface area contributed by atoms with E-state index in [1.165, 1.54) is 0 Å². The summed E-state index contributed by atoms with van der Waals surface area (Å²) >= 11 is 11.9. The molecule has 0 saturated carbocycles. The molecule has 1 amide bonds. The number of amides is 1. The fourth-order valence-electron chi connectivity index (χ4n) is 2.81. The van der Waals surface area contributed by atoms with Gasteiger partial charge in [0.05, 0.1) is 24.2 Å². The standard InChI is InChI=1S/C18H23Cl2NO4/c1-2-24-18(23)13-5-3-9-21(12-13)17(22)6-4-10-25-16-8-7-14(19)11-15(16)20/h7-8,11,13H,2-6,9-10,12H2,1H3/t13-/m0/s1. The number of nitrogens with zero attached hydrogens (tertiary/aromatic N) is 1. The predicted molar refractivity (Wildman–Crippen MR) is 97.1 cm³/mol. The summed E-state index contributed by atoms with van der Waals surface area (Å²) < 4.78 is 10.6. The molecule has 0 radical (unpaired) electrons. The molecule has 1 heterocycles. The summed E-state index contributed by atoms with van der Waals surface area (Å²) in [5.41, 5.74) is 0. The first kappa shape index (κ1) is 19.9. The molecule has 1 saturated heterocycles. The molecular weight excluding hydrogens is 365 g/mol. The molecule has 0 unspecified atom stereocenters. The number of benzene rings is 1. The van der Waals surface area contributed by atoms with Crippen molar-refractivity contribution in [3.05, 3.63) is 28.2 Å². The van der Waals surface area contributed by atoms with Crippen molar-refractivity contribution in [1.82, 2.24) is 4.90 Å². The average molecular weight is 388 g/mol. The lowest BCUT2D eigenvalue weighted by Gasteiger charge is -2.31. The van der Waals surface area contributed by atoms with E-state index in [1.807, 2.05) is 0 Å². The highest BCUT2D eigenvalue weighted by Crippen LogP contribution is 2.27. The van der Waals surface area contributed by atoms with Gasteiger partial charge in [-0.1, -0.05) is 23.2 Å². The minimum atomic E-state index is -0.208. The van der Waals surface area contributed by atoms with E-state index in [0.29, 0.717) is 54.9 Å². The Bertz CT molecular complexity index is 609. The fourth-order valence-corrected chi connectivity index (χ4v) is 3.28. The number of rotatable bonds is 7. The summed E-state index contributed by atoms with van der Waals surface area (Å²) in [4.78, 5) is 25.9. The van der Waals surface area contributed by atoms with Gasteiger partial charge in [0.15, 0.2) is 0 Å². The second-order valence-electron chi connectivity index (χ2n) is 5.96. The van der Waals surface area contributed by atoms with Crippen LogP contribution in [0.3, 0.4) is 0 Å². The van der Waals surface area contributed by atoms with Crippen LogP contribution in [0.4, 0.5) is 0 Å². The topological polar surface area (TPSA) is 55.8 Å². The summed E-state index contributed by atoms with van der Waals surface area (Å²) in [6.07, 6.45) is 2.56. The van der Waals surface area contributed by atoms with Gasteiger partial charge in [0, 0.05) is 24.5 Å². The number of piperidine rings is 1. The quantitative estimate of drug-likeness (QED) is 0.524. The second kappa shape index (κ2) is 9.88. The van der Waals surface area contributed by atoms with E-state index in [4.69, 9.17) is 32.7 Å². The summed E-state index contributed by atoms with van der Waals surface area (Å²) in [5, 5.41) is 1.00. The summed E-state index contributed by atoms with van der Waals surface area (Å²) in [5.74, 6) is 0.182. The zero-order valence-corrected chi connectivity index (χ0v) is 15.8. The Morgan fingerprint density at radius 2 is 2.12 bits per heavy atom. The monoisotopic (exact) mass is 387 g/mol. The van der Waals surface area contributed by atoms with Gasteiger partial charge in [0.1, 0.15) is 5.75 Å². The largest absolute Gasteiger partial charge is 0.492 e. The highest BCUT2D eigenvalue weighted by atomic mass is 35.5. The third kappa shape index (κ3) is 6.08. The number of hydrogen-bond donors (Lipinski definition) is 0. The lowest BCUT2D eigenvalue weighted by Crippen LogP contribution is -2.42. The van der Waals surface area contributed by atoms with Crippen molar-refractivity contribution >= 4 is 35.1 Å². The van der Waals surface area contributed by atoms with Crippen LogP contribution >= 0.6 is 23.2 Å². The van der Waals surface area contributed by atoms with Crippen molar-refractivity contribution in [3.63, 3.8) is 0 Å². The third-order valence-electron chi connectivity index (χ3n) is 4.08. The Morgan fingerprint density at radius 1 is 1.32 bits per heavy atom. The zero-order chi connectivity index (χ0) is 18.2. The first-order valence-corrected chi connectivity index (χ1v) is 9.29. The van der Waals surface area contributed by atoms with Crippen LogP contribution in [0.25, 0.3) is 0 Å². The average Bonchev–Trinajstić information content (AvgIpc) is 2.60. The Balaban J connectivity index is 1.73. The molecule has 1 aromatic rings. The highest BCUT2D eigenvalue weighted by Gasteiger charge is 2.28. The van der Waals surface area contributed by atoms with E-state index in [1.54, 1.807) is 30.0 Å². The molecule has 1 aliphatic rings. The number of likely N-dealkylation sites (tertiary alicyclic amines) is 1. The Morgan fingerprint density at radius 3 is 2.84 bits per heavy atom. The molecule has 1 atom stereocenters. The molecule has 0 spiro atoms. The maximum absolute atomic E-state index is 12.3. The zero-order valence-electron chi connectivity index (χ0n) is 14.3. The smallest absolute Gasteiger partial charge is 0.310 e. The Kier molecular flexibility index (Phi) is 7.85. The Hall–Kier alpha value is -1.46. The molecule has 5 nitrogen and oxygen atoms in total. The maximum Gasteiger partial charge on any atom is 0.310 e. The number of halogens is 2. The van der Waals surface area contributed by atoms with Crippen molar-refractivity contribution in [1.29, 1.82) is 0 Å². The van der Waals surface area contributed by atoms with Gasteiger partial charge in [-0.15, -0.1) is 0 Å². The van der Waals surface area contributed by atoms with Crippen LogP contribution in [0.15, 0.2) is 18.2 Å². The van der Waals surface area contributed by atoms with E-state index < -0.39 is 0 Å². The van der Waals surface area contributed by atoms with E-state index in [9.17, 15) is 9.59 Å². The predicted octanol–water partition coefficient (Wildman–Crippen LogP) is 3.95. The van der Waals surface area contributed by atoms with Gasteiger partial charge in [-0.25, -0.2) is 0 Å². The lowest BCUT2D eigenvalue weighted by molar-refractivity contribution is -0.151. The highest BCUT2D eigenvalue weighted by molar-refractivity contribution is 6.35. The molecule has 0 N–H and O–H groups in total. The van der Waals surface area contributed by atoms with Crippen molar-refractivity contribution < 1.29 is 19.1 Å². The van der Waals surface area contributed by atoms with Gasteiger partial charge in [-0.05, 0) is 44.4 Å². The van der Waals surface area contributed by atoms with Crippen LogP contribution in [0.1, 0.15) is 32.6 Å². The first-order chi connectivity index (χ1) is 12.0. The second-order valence-corrected chi connectivity index (χ2v) is 6.80. The van der Waals surface area contributed by atoms with Gasteiger partial charge in [-0.2, -0.15) is 0 Å². The molecular formula is C18H23Cl2NO4. The SMILES string of the molecule is CCOC(=O)[C@H]1CCCN(C(=O)CCCOc2ccc(Cl)cc2Cl)C1. The number of ether oxygens (including phenoxy) is 2. The molecule has 138 valence electrons. The first-order valence-electron chi connectivity index (χ1n) is 8.53. The molecule has 2 rings (SSSR count). The van der Waals surface area contributed by atoms with Crippen LogP contribution in [0, 0.1) is 5.92 Å². The van der Waals surface area contributed by atoms with E-state index >= 15 is 0 Å². The number of carbonyl (C=O) groups is 2. The van der Waals surface area contributed by atoms with Crippen molar-refractivity contribution in [2.45, 2.75) is 32.6 Å². The van der Waals surface area contributed by atoms with Crippen LogP contribution in [0.5, 0.6) is 5.75 Å². The fraction of sp³-hybridized carbons (Fsp3) is 0.556. The molecule has 0 aliphatic carbocycles. The molecule has 0 aromatic heterocycles. The van der Waals surface area contributed by atoms with Gasteiger partial charge >= 0.3 is 5.97 Å². The van der Waals surface area contributed by atoms with Crippen LogP contribution in [-0.2, 0) is 14.3 Å². The minimum Gasteiger partial charge on any atom is -0.492 e. The number of carbonyl (C=O) groups excluding carboxylic acids is 2. The van der Waals surface area contributed by atoms with Gasteiger partial charge in [-0.3, -0.25) is 9.59 Å². The normalized spacial score (nSPS) is 17.2. The molecule has 1 fully saturated rings. The molecule has 25 heavy (non-hydrogen) atoms. The van der Waals surface area contributed by atoms with Gasteiger partial charge < -0.3 is 14.4 Å². The van der Waals surface area contributed by atoms with Gasteiger partial charge in [0.2, 0.25) is 5.91 Å². The van der Waals surface area contributed by atoms with Crippen molar-refractivity contribution in [2.75, 3.05) is 26.3 Å². The number of hydrogen-bond acceptors (Lipinski definition) is 4. The van der Waals surface area contributed by atoms with Crippen molar-refractivity contribution in [3.8, 4) is 5.75 Å². The molecule has 7 heteroatoms. The van der Waals surface area contributed by atoms with Crippen molar-refractivity contribution in [2.24, 2.45) is 5.92 Å². The molecule has 1 aliphatic heterocycles. The minimum absolute atomic E-state index is 0.0415. The third-order valence-corrected chi connectivity index (χ3v) is 4.61. The molecule has 1 aromatic carbocycles. The van der Waals surface area contributed by atoms with Crippen LogP contribution in [0.2, 0.25) is 10.0 Å². The van der Waals surface area contributed by atoms with E-state index in [0.717, 1.165) is 12.8 Å². The maximum atomic E-state index is 12.3. The summed E-state index contributed by atoms with van der Waals surface area (Å²) in [6.45, 7) is 3.69. The van der Waals surface area contributed by atoms with Crippen LogP contribution < -0.4 is 4.74 Å². The Labute approximate surface area is 158 Å². The lowest BCUT2D eigenvalue weighted by atomic mass is 9.98. The number of esters is 1. The van der Waals surface area contributed by atoms with Crippen LogP contribution in [-0.4, -0.2) is 43.1 Å². The molecule has 0 bridgehead atoms. The summed E-state index contributed by atoms with van der Waals surface area (Å²) in [6, 6.07) is 5.03. The van der Waals surface area contributed by atoms with E-state index in [-0.39, 0.29) is 17.8 Å².